The van der Waals surface area contributed by atoms with Gasteiger partial charge in [0.25, 0.3) is 0 Å². The lowest BCUT2D eigenvalue weighted by Crippen LogP contribution is -2.50. The Hall–Kier alpha value is -2.39. The zero-order chi connectivity index (χ0) is 19.7. The number of ether oxygens (including phenoxy) is 1. The molecule has 144 valence electrons. The van der Waals surface area contributed by atoms with Crippen molar-refractivity contribution in [1.82, 2.24) is 4.90 Å². The summed E-state index contributed by atoms with van der Waals surface area (Å²) in [4.78, 5) is 26.3. The summed E-state index contributed by atoms with van der Waals surface area (Å²) in [6.45, 7) is 1.05. The van der Waals surface area contributed by atoms with Gasteiger partial charge in [-0.3, -0.25) is 0 Å². The van der Waals surface area contributed by atoms with Crippen molar-refractivity contribution in [3.05, 3.63) is 23.8 Å². The minimum absolute atomic E-state index is 0.183. The molecule has 1 fully saturated rings. The molecule has 0 atom stereocenters. The van der Waals surface area contributed by atoms with Crippen LogP contribution in [0.15, 0.2) is 18.2 Å². The van der Waals surface area contributed by atoms with Crippen LogP contribution in [0.5, 0.6) is 0 Å². The molecule has 1 saturated heterocycles. The van der Waals surface area contributed by atoms with Gasteiger partial charge in [-0.1, -0.05) is 12.1 Å². The number of halogens is 3. The van der Waals surface area contributed by atoms with E-state index in [1.54, 1.807) is 25.7 Å². The highest BCUT2D eigenvalue weighted by Gasteiger charge is 2.29. The first-order chi connectivity index (χ1) is 11.9. The van der Waals surface area contributed by atoms with E-state index in [4.69, 9.17) is 9.84 Å². The second kappa shape index (κ2) is 7.09. The molecular weight excluding hydrogens is 352 g/mol. The molecule has 1 aliphatic rings. The zero-order valence-electron chi connectivity index (χ0n) is 14.8. The smallest absolute Gasteiger partial charge is 0.478 e. The lowest BCUT2D eigenvalue weighted by molar-refractivity contribution is 0.0240. The highest BCUT2D eigenvalue weighted by Crippen LogP contribution is 2.21. The Bertz CT molecular complexity index is 696. The first-order valence-electron chi connectivity index (χ1n) is 8.18. The maximum atomic E-state index is 13.1. The predicted molar refractivity (Wildman–Crippen MR) is 92.1 cm³/mol. The van der Waals surface area contributed by atoms with Crippen LogP contribution in [0, 0.1) is 0 Å². The monoisotopic (exact) mass is 373 g/mol. The number of rotatable bonds is 3. The van der Waals surface area contributed by atoms with Gasteiger partial charge < -0.3 is 32.6 Å². The first kappa shape index (κ1) is 19.9. The summed E-state index contributed by atoms with van der Waals surface area (Å²) in [5.41, 5.74) is -1.81. The minimum Gasteiger partial charge on any atom is -0.478 e. The van der Waals surface area contributed by atoms with Gasteiger partial charge in [0.1, 0.15) is 5.60 Å². The van der Waals surface area contributed by atoms with E-state index in [0.717, 1.165) is 6.07 Å². The molecule has 0 bridgehead atoms. The molecule has 0 saturated carbocycles. The number of hydrogen-bond donors (Lipinski definition) is 1. The number of amides is 1. The Balaban J connectivity index is 2.15. The molecule has 26 heavy (non-hydrogen) atoms. The summed E-state index contributed by atoms with van der Waals surface area (Å²) >= 11 is 0. The number of benzene rings is 1. The van der Waals surface area contributed by atoms with Crippen LogP contribution in [0.3, 0.4) is 0 Å². The Morgan fingerprint density at radius 2 is 1.65 bits per heavy atom. The Kier molecular flexibility index (Phi) is 5.43. The minimum atomic E-state index is -5.31. The molecule has 0 spiro atoms. The molecule has 2 rings (SSSR count). The second-order valence-electron chi connectivity index (χ2n) is 7.15. The van der Waals surface area contributed by atoms with Gasteiger partial charge in [-0.2, -0.15) is 0 Å². The summed E-state index contributed by atoms with van der Waals surface area (Å²) in [5, 5.41) is 9.07. The molecule has 1 aromatic carbocycles. The molecule has 1 N–H and O–H groups in total. The predicted octanol–water partition coefficient (Wildman–Crippen LogP) is 2.50. The summed E-state index contributed by atoms with van der Waals surface area (Å²) in [6.07, 6.45) is -0.476. The Labute approximate surface area is 149 Å². The molecule has 0 aliphatic carbocycles. The zero-order valence-corrected chi connectivity index (χ0v) is 14.8. The van der Waals surface area contributed by atoms with Gasteiger partial charge in [0.15, 0.2) is 0 Å². The number of carbonyl (C=O) groups is 2. The van der Waals surface area contributed by atoms with Gasteiger partial charge in [0, 0.05) is 31.9 Å². The maximum Gasteiger partial charge on any atom is 0.509 e. The van der Waals surface area contributed by atoms with Crippen LogP contribution in [0.25, 0.3) is 0 Å². The molecular formula is C16H21BF3N2O4-. The van der Waals surface area contributed by atoms with E-state index < -0.39 is 35.7 Å². The number of carboxylic acid groups (broad SMARTS) is 1. The highest BCUT2D eigenvalue weighted by molar-refractivity contribution is 6.73. The molecule has 0 aromatic heterocycles. The summed E-state index contributed by atoms with van der Waals surface area (Å²) < 4.78 is 44.5. The number of anilines is 1. The average molecular weight is 373 g/mol. The number of carbonyl (C=O) groups excluding carboxylic acids is 1. The fraction of sp³-hybridized carbons (Fsp3) is 0.500. The van der Waals surface area contributed by atoms with Crippen molar-refractivity contribution in [2.45, 2.75) is 26.4 Å². The quantitative estimate of drug-likeness (QED) is 0.825. The summed E-state index contributed by atoms with van der Waals surface area (Å²) in [5.74, 6) is -1.42. The first-order valence-corrected chi connectivity index (χ1v) is 8.18. The standard InChI is InChI=1S/C16H21BF3N2O4/c1-16(2,3)26-15(25)22-6-4-21(5-7-22)13-9-11(14(23)24)8-12(10-13)17(18,19)20/h8-10H,4-7H2,1-3H3,(H,23,24)/q-1. The van der Waals surface area contributed by atoms with E-state index in [0.29, 0.717) is 6.07 Å². The molecule has 1 aliphatic heterocycles. The summed E-state index contributed by atoms with van der Waals surface area (Å²) in [6, 6.07) is 2.81. The largest absolute Gasteiger partial charge is 0.509 e. The fourth-order valence-electron chi connectivity index (χ4n) is 2.60. The van der Waals surface area contributed by atoms with Crippen LogP contribution in [0.4, 0.5) is 23.4 Å². The van der Waals surface area contributed by atoms with Crippen LogP contribution in [-0.2, 0) is 4.74 Å². The van der Waals surface area contributed by atoms with Crippen LogP contribution < -0.4 is 10.4 Å². The van der Waals surface area contributed by atoms with E-state index in [-0.39, 0.29) is 31.9 Å². The van der Waals surface area contributed by atoms with Gasteiger partial charge in [0.2, 0.25) is 0 Å². The number of hydrogen-bond acceptors (Lipinski definition) is 4. The number of carboxylic acids is 1. The van der Waals surface area contributed by atoms with E-state index in [9.17, 15) is 22.5 Å². The topological polar surface area (TPSA) is 70.1 Å². The van der Waals surface area contributed by atoms with E-state index in [1.807, 2.05) is 0 Å². The molecule has 6 nitrogen and oxygen atoms in total. The van der Waals surface area contributed by atoms with Crippen molar-refractivity contribution in [2.24, 2.45) is 0 Å². The van der Waals surface area contributed by atoms with Crippen LogP contribution in [0.1, 0.15) is 31.1 Å². The van der Waals surface area contributed by atoms with Crippen molar-refractivity contribution < 1.29 is 32.4 Å². The van der Waals surface area contributed by atoms with E-state index >= 15 is 0 Å². The Morgan fingerprint density at radius 3 is 2.12 bits per heavy atom. The fourth-order valence-corrected chi connectivity index (χ4v) is 2.60. The van der Waals surface area contributed by atoms with Crippen molar-refractivity contribution in [2.75, 3.05) is 31.1 Å². The highest BCUT2D eigenvalue weighted by atomic mass is 19.4. The normalized spacial score (nSPS) is 15.8. The van der Waals surface area contributed by atoms with Crippen molar-refractivity contribution in [3.8, 4) is 0 Å². The van der Waals surface area contributed by atoms with Crippen molar-refractivity contribution >= 4 is 30.2 Å². The molecule has 1 heterocycles. The van der Waals surface area contributed by atoms with Gasteiger partial charge in [-0.15, -0.1) is 5.46 Å². The van der Waals surface area contributed by atoms with Gasteiger partial charge in [-0.05, 0) is 26.8 Å². The lowest BCUT2D eigenvalue weighted by atomic mass is 9.79. The second-order valence-corrected chi connectivity index (χ2v) is 7.15. The number of piperazine rings is 1. The van der Waals surface area contributed by atoms with E-state index in [2.05, 4.69) is 0 Å². The third-order valence-electron chi connectivity index (χ3n) is 3.86. The molecule has 0 radical (unpaired) electrons. The van der Waals surface area contributed by atoms with Crippen LogP contribution in [0.2, 0.25) is 0 Å². The lowest BCUT2D eigenvalue weighted by Gasteiger charge is -2.37. The third kappa shape index (κ3) is 5.06. The third-order valence-corrected chi connectivity index (χ3v) is 3.86. The van der Waals surface area contributed by atoms with Crippen molar-refractivity contribution in [1.29, 1.82) is 0 Å². The van der Waals surface area contributed by atoms with Crippen molar-refractivity contribution in [3.63, 3.8) is 0 Å². The van der Waals surface area contributed by atoms with Gasteiger partial charge in [-0.25, -0.2) is 9.59 Å². The van der Waals surface area contributed by atoms with Crippen LogP contribution in [-0.4, -0.2) is 60.8 Å². The average Bonchev–Trinajstić information content (AvgIpc) is 2.52. The number of nitrogens with zero attached hydrogens (tertiary/aromatic N) is 2. The summed E-state index contributed by atoms with van der Waals surface area (Å²) in [7, 11) is 0. The Morgan fingerprint density at radius 1 is 1.08 bits per heavy atom. The maximum absolute atomic E-state index is 13.1. The molecule has 1 aromatic rings. The number of aromatic carboxylic acids is 1. The SMILES string of the molecule is CC(C)(C)OC(=O)N1CCN(c2cc(C(=O)O)cc([B-](F)(F)F)c2)CC1. The van der Waals surface area contributed by atoms with Crippen LogP contribution >= 0.6 is 0 Å². The van der Waals surface area contributed by atoms with E-state index in [1.165, 1.54) is 11.0 Å². The molecule has 1 amide bonds. The van der Waals surface area contributed by atoms with Gasteiger partial charge in [0.05, 0.1) is 5.56 Å². The molecule has 0 unspecified atom stereocenters. The molecule has 10 heteroatoms. The van der Waals surface area contributed by atoms with Gasteiger partial charge >= 0.3 is 19.0 Å².